The third kappa shape index (κ3) is 3.18. The van der Waals surface area contributed by atoms with Crippen molar-refractivity contribution in [1.29, 1.82) is 0 Å². The maximum absolute atomic E-state index is 14.2. The molecule has 3 amide bonds. The lowest BCUT2D eigenvalue weighted by Gasteiger charge is -2.33. The van der Waals surface area contributed by atoms with Crippen LogP contribution in [0.5, 0.6) is 0 Å². The number of halogens is 2. The number of benzene rings is 2. The Labute approximate surface area is 184 Å². The molecule has 164 valence electrons. The zero-order valence-electron chi connectivity index (χ0n) is 17.5. The number of anilines is 1. The Bertz CT molecular complexity index is 1160. The Kier molecular flexibility index (Phi) is 4.35. The maximum atomic E-state index is 14.2. The van der Waals surface area contributed by atoms with Crippen LogP contribution in [0.15, 0.2) is 42.5 Å². The van der Waals surface area contributed by atoms with Crippen molar-refractivity contribution in [3.05, 3.63) is 70.8 Å². The summed E-state index contributed by atoms with van der Waals surface area (Å²) < 4.78 is 27.8. The number of amides is 3. The zero-order valence-corrected chi connectivity index (χ0v) is 17.5. The molecule has 1 saturated heterocycles. The van der Waals surface area contributed by atoms with Crippen LogP contribution in [0.2, 0.25) is 0 Å². The Balaban J connectivity index is 1.17. The zero-order chi connectivity index (χ0) is 22.0. The van der Waals surface area contributed by atoms with Gasteiger partial charge in [0.1, 0.15) is 6.54 Å². The lowest BCUT2D eigenvalue weighted by molar-refractivity contribution is -0.132. The highest BCUT2D eigenvalue weighted by atomic mass is 19.2. The second-order valence-electron chi connectivity index (χ2n) is 9.25. The van der Waals surface area contributed by atoms with Gasteiger partial charge in [-0.3, -0.25) is 4.79 Å². The van der Waals surface area contributed by atoms with E-state index in [4.69, 9.17) is 0 Å². The minimum Gasteiger partial charge on any atom is -0.333 e. The molecule has 0 radical (unpaired) electrons. The van der Waals surface area contributed by atoms with E-state index >= 15 is 0 Å². The van der Waals surface area contributed by atoms with Crippen molar-refractivity contribution in [3.63, 3.8) is 0 Å². The average molecular weight is 435 g/mol. The molecule has 7 heteroatoms. The summed E-state index contributed by atoms with van der Waals surface area (Å²) in [4.78, 5) is 28.7. The molecule has 1 saturated carbocycles. The number of rotatable bonds is 4. The van der Waals surface area contributed by atoms with Gasteiger partial charge in [-0.25, -0.2) is 13.6 Å². The van der Waals surface area contributed by atoms with Gasteiger partial charge >= 0.3 is 6.03 Å². The monoisotopic (exact) mass is 435 g/mol. The van der Waals surface area contributed by atoms with Crippen LogP contribution in [0.25, 0.3) is 5.57 Å². The summed E-state index contributed by atoms with van der Waals surface area (Å²) in [5.74, 6) is -1.11. The van der Waals surface area contributed by atoms with Gasteiger partial charge < -0.3 is 15.1 Å². The van der Waals surface area contributed by atoms with E-state index in [1.54, 1.807) is 0 Å². The summed E-state index contributed by atoms with van der Waals surface area (Å²) in [6.45, 7) is 0.324. The molecular formula is C25H23F2N3O2. The number of carbonyl (C=O) groups is 2. The third-order valence-electron chi connectivity index (χ3n) is 7.12. The summed E-state index contributed by atoms with van der Waals surface area (Å²) in [5.41, 5.74) is 4.00. The van der Waals surface area contributed by atoms with E-state index in [1.807, 2.05) is 4.90 Å². The molecule has 5 nitrogen and oxygen atoms in total. The highest BCUT2D eigenvalue weighted by Gasteiger charge is 2.42. The number of nitrogens with one attached hydrogen (secondary N) is 1. The van der Waals surface area contributed by atoms with Gasteiger partial charge in [-0.2, -0.15) is 0 Å². The molecule has 2 aromatic carbocycles. The van der Waals surface area contributed by atoms with Crippen LogP contribution in [0.3, 0.4) is 0 Å². The highest BCUT2D eigenvalue weighted by Crippen LogP contribution is 2.44. The van der Waals surface area contributed by atoms with E-state index in [1.165, 1.54) is 34.9 Å². The Hall–Kier alpha value is -3.22. The highest BCUT2D eigenvalue weighted by molar-refractivity contribution is 5.95. The van der Waals surface area contributed by atoms with Crippen molar-refractivity contribution in [1.82, 2.24) is 9.80 Å². The third-order valence-corrected chi connectivity index (χ3v) is 7.12. The van der Waals surface area contributed by atoms with E-state index in [2.05, 4.69) is 35.7 Å². The first-order valence-electron chi connectivity index (χ1n) is 11.1. The summed E-state index contributed by atoms with van der Waals surface area (Å²) in [5, 5.41) is 2.56. The predicted octanol–water partition coefficient (Wildman–Crippen LogP) is 4.50. The first-order valence-corrected chi connectivity index (χ1v) is 11.1. The van der Waals surface area contributed by atoms with Gasteiger partial charge in [-0.15, -0.1) is 0 Å². The number of likely N-dealkylation sites (tertiary alicyclic amines) is 1. The topological polar surface area (TPSA) is 52.7 Å². The molecule has 2 atom stereocenters. The fourth-order valence-corrected chi connectivity index (χ4v) is 5.28. The molecule has 2 aromatic rings. The molecule has 2 bridgehead atoms. The molecule has 1 N–H and O–H groups in total. The number of hydrogen-bond donors (Lipinski definition) is 1. The first kappa shape index (κ1) is 19.5. The first-order chi connectivity index (χ1) is 15.5. The van der Waals surface area contributed by atoms with Gasteiger partial charge in [0, 0.05) is 12.1 Å². The summed E-state index contributed by atoms with van der Waals surface area (Å²) in [6.07, 6.45) is 5.68. The second-order valence-corrected chi connectivity index (χ2v) is 9.25. The summed E-state index contributed by atoms with van der Waals surface area (Å²) in [7, 11) is 0. The largest absolute Gasteiger partial charge is 0.333 e. The van der Waals surface area contributed by atoms with Crippen molar-refractivity contribution >= 4 is 23.2 Å². The maximum Gasteiger partial charge on any atom is 0.322 e. The molecule has 0 unspecified atom stereocenters. The molecule has 6 rings (SSSR count). The van der Waals surface area contributed by atoms with Crippen LogP contribution in [-0.2, 0) is 11.3 Å². The van der Waals surface area contributed by atoms with E-state index in [0.717, 1.165) is 18.1 Å². The lowest BCUT2D eigenvalue weighted by atomic mass is 9.98. The van der Waals surface area contributed by atoms with Crippen LogP contribution in [0.4, 0.5) is 19.3 Å². The molecular weight excluding hydrogens is 412 g/mol. The van der Waals surface area contributed by atoms with Gasteiger partial charge in [0.15, 0.2) is 11.6 Å². The average Bonchev–Trinajstić information content (AvgIpc) is 3.45. The van der Waals surface area contributed by atoms with E-state index in [-0.39, 0.29) is 36.3 Å². The van der Waals surface area contributed by atoms with E-state index in [0.29, 0.717) is 18.4 Å². The minimum absolute atomic E-state index is 0.00593. The quantitative estimate of drug-likeness (QED) is 0.769. The number of carbonyl (C=O) groups excluding carboxylic acids is 2. The number of nitrogens with zero attached hydrogens (tertiary/aromatic N) is 2. The number of urea groups is 1. The van der Waals surface area contributed by atoms with Gasteiger partial charge in [0.25, 0.3) is 0 Å². The normalized spacial score (nSPS) is 23.8. The second kappa shape index (κ2) is 7.15. The van der Waals surface area contributed by atoms with Crippen LogP contribution in [0.1, 0.15) is 41.9 Å². The summed E-state index contributed by atoms with van der Waals surface area (Å²) in [6, 6.07) is 10.5. The molecule has 4 aliphatic rings. The van der Waals surface area contributed by atoms with Crippen molar-refractivity contribution < 1.29 is 18.4 Å². The molecule has 2 heterocycles. The van der Waals surface area contributed by atoms with Gasteiger partial charge in [0.2, 0.25) is 5.91 Å². The van der Waals surface area contributed by atoms with Crippen molar-refractivity contribution in [3.8, 4) is 0 Å². The van der Waals surface area contributed by atoms with Gasteiger partial charge in [-0.05, 0) is 59.9 Å². The fourth-order valence-electron chi connectivity index (χ4n) is 5.28. The fraction of sp³-hybridized carbons (Fsp3) is 0.360. The molecule has 2 aliphatic heterocycles. The molecule has 0 aromatic heterocycles. The minimum atomic E-state index is -0.986. The van der Waals surface area contributed by atoms with Crippen LogP contribution >= 0.6 is 0 Å². The van der Waals surface area contributed by atoms with Gasteiger partial charge in [0.05, 0.1) is 18.3 Å². The van der Waals surface area contributed by atoms with Crippen molar-refractivity contribution in [2.75, 3.05) is 18.4 Å². The molecule has 0 spiro atoms. The summed E-state index contributed by atoms with van der Waals surface area (Å²) >= 11 is 0. The lowest BCUT2D eigenvalue weighted by Crippen LogP contribution is -2.48. The number of hydrogen-bond acceptors (Lipinski definition) is 2. The smallest absolute Gasteiger partial charge is 0.322 e. The Morgan fingerprint density at radius 1 is 1.09 bits per heavy atom. The van der Waals surface area contributed by atoms with Crippen LogP contribution in [0, 0.1) is 17.6 Å². The molecule has 32 heavy (non-hydrogen) atoms. The molecule has 2 fully saturated rings. The van der Waals surface area contributed by atoms with Crippen LogP contribution < -0.4 is 5.32 Å². The predicted molar refractivity (Wildman–Crippen MR) is 116 cm³/mol. The SMILES string of the molecule is O=C1Nc2ccc(F)c(F)c2CN1CC(=O)N1C[C@H]2C=C(c3ccc(C4CC4)cc3)[C@@H]1C2. The standard InChI is InChI=1S/C25H23F2N3O2/c26-20-7-8-21-19(24(20)27)12-29(25(32)28-21)13-23(31)30-11-14-9-18(22(30)10-14)17-5-3-16(4-6-17)15-1-2-15/h3-9,14-15,22H,1-2,10-13H2,(H,28,32)/t14-,22-/m0/s1. The van der Waals surface area contributed by atoms with Crippen molar-refractivity contribution in [2.45, 2.75) is 37.8 Å². The van der Waals surface area contributed by atoms with Crippen molar-refractivity contribution in [2.24, 2.45) is 5.92 Å². The number of fused-ring (bicyclic) bond motifs is 3. The molecule has 2 aliphatic carbocycles. The van der Waals surface area contributed by atoms with E-state index in [9.17, 15) is 18.4 Å². The van der Waals surface area contributed by atoms with Gasteiger partial charge in [-0.1, -0.05) is 30.3 Å². The Morgan fingerprint density at radius 2 is 1.88 bits per heavy atom. The van der Waals surface area contributed by atoms with Crippen LogP contribution in [-0.4, -0.2) is 40.9 Å². The Morgan fingerprint density at radius 3 is 2.59 bits per heavy atom. The van der Waals surface area contributed by atoms with E-state index < -0.39 is 17.7 Å².